The van der Waals surface area contributed by atoms with Crippen molar-refractivity contribution in [2.75, 3.05) is 11.9 Å². The lowest BCUT2D eigenvalue weighted by atomic mass is 9.92. The first-order chi connectivity index (χ1) is 15.5. The largest absolute Gasteiger partial charge is 0.460 e. The molecule has 6 heteroatoms. The number of anilines is 1. The Balaban J connectivity index is 2.22. The second-order valence-electron chi connectivity index (χ2n) is 9.54. The molecule has 0 radical (unpaired) electrons. The first kappa shape index (κ1) is 26.1. The number of rotatable bonds is 8. The van der Waals surface area contributed by atoms with Crippen molar-refractivity contribution in [3.8, 4) is 11.1 Å². The Morgan fingerprint density at radius 2 is 1.58 bits per heavy atom. The summed E-state index contributed by atoms with van der Waals surface area (Å²) in [6.45, 7) is 11.3. The molecule has 0 heterocycles. The molecule has 2 rings (SSSR count). The highest BCUT2D eigenvalue weighted by Crippen LogP contribution is 2.28. The third kappa shape index (κ3) is 8.04. The van der Waals surface area contributed by atoms with E-state index in [4.69, 9.17) is 4.74 Å². The van der Waals surface area contributed by atoms with Crippen molar-refractivity contribution >= 4 is 23.6 Å². The number of hydrogen-bond donors (Lipinski definition) is 1. The number of hydrogen-bond acceptors (Lipinski definition) is 4. The number of esters is 1. The van der Waals surface area contributed by atoms with Crippen LogP contribution in [-0.4, -0.2) is 35.0 Å². The number of nitrogens with zero attached hydrogens (tertiary/aromatic N) is 1. The summed E-state index contributed by atoms with van der Waals surface area (Å²) in [6, 6.07) is 16.7. The number of carbonyl (C=O) groups excluding carboxylic acids is 3. The molecule has 3 amide bonds. The zero-order valence-electron chi connectivity index (χ0n) is 20.6. The molecule has 6 nitrogen and oxygen atoms in total. The Kier molecular flexibility index (Phi) is 9.21. The fraction of sp³-hybridized carbons (Fsp3) is 0.444. The molecule has 2 aromatic carbocycles. The lowest BCUT2D eigenvalue weighted by molar-refractivity contribution is -0.158. The first-order valence-electron chi connectivity index (χ1n) is 11.5. The number of nitrogens with one attached hydrogen (secondary N) is 1. The van der Waals surface area contributed by atoms with Gasteiger partial charge in [-0.15, -0.1) is 0 Å². The highest BCUT2D eigenvalue weighted by atomic mass is 16.6. The quantitative estimate of drug-likeness (QED) is 0.489. The average Bonchev–Trinajstić information content (AvgIpc) is 2.73. The van der Waals surface area contributed by atoms with Crippen LogP contribution in [0.3, 0.4) is 0 Å². The molecular weight excluding hydrogens is 416 g/mol. The van der Waals surface area contributed by atoms with Crippen LogP contribution in [0.1, 0.15) is 54.4 Å². The van der Waals surface area contributed by atoms with Crippen molar-refractivity contribution < 1.29 is 19.1 Å². The summed E-state index contributed by atoms with van der Waals surface area (Å²) in [5.41, 5.74) is 1.81. The van der Waals surface area contributed by atoms with Gasteiger partial charge >= 0.3 is 12.0 Å². The van der Waals surface area contributed by atoms with Crippen LogP contribution in [0, 0.1) is 11.8 Å². The normalized spacial score (nSPS) is 12.2. The average molecular weight is 453 g/mol. The molecule has 0 bridgehead atoms. The number of imide groups is 1. The molecule has 0 saturated carbocycles. The van der Waals surface area contributed by atoms with Crippen LogP contribution in [0.2, 0.25) is 0 Å². The fourth-order valence-corrected chi connectivity index (χ4v) is 3.69. The molecule has 1 atom stereocenters. The Labute approximate surface area is 197 Å². The summed E-state index contributed by atoms with van der Waals surface area (Å²) in [5, 5.41) is 2.89. The zero-order chi connectivity index (χ0) is 24.6. The van der Waals surface area contributed by atoms with Gasteiger partial charge in [-0.25, -0.2) is 4.79 Å². The summed E-state index contributed by atoms with van der Waals surface area (Å²) in [7, 11) is 0. The minimum absolute atomic E-state index is 0.0569. The SMILES string of the molecule is CCN(C(=O)Nc1ccccc1-c1ccccc1)C(=O)C(CC(=O)OC(C)(C)C)CC(C)C. The van der Waals surface area contributed by atoms with Crippen molar-refractivity contribution in [3.05, 3.63) is 54.6 Å². The molecule has 0 aliphatic rings. The van der Waals surface area contributed by atoms with E-state index in [0.29, 0.717) is 12.1 Å². The smallest absolute Gasteiger partial charge is 0.328 e. The van der Waals surface area contributed by atoms with Crippen LogP contribution in [0.15, 0.2) is 54.6 Å². The summed E-state index contributed by atoms with van der Waals surface area (Å²) < 4.78 is 5.42. The molecule has 0 aliphatic heterocycles. The van der Waals surface area contributed by atoms with Gasteiger partial charge in [-0.05, 0) is 51.7 Å². The van der Waals surface area contributed by atoms with Gasteiger partial charge in [0, 0.05) is 18.0 Å². The minimum atomic E-state index is -0.633. The lowest BCUT2D eigenvalue weighted by Gasteiger charge is -2.27. The van der Waals surface area contributed by atoms with Gasteiger partial charge in [-0.1, -0.05) is 62.4 Å². The standard InChI is InChI=1S/C27H36N2O4/c1-7-29(25(31)21(17-19(2)3)18-24(30)33-27(4,5)6)26(32)28-23-16-12-11-15-22(23)20-13-9-8-10-14-20/h8-16,19,21H,7,17-18H2,1-6H3,(H,28,32). The molecule has 178 valence electrons. The Morgan fingerprint density at radius 1 is 0.970 bits per heavy atom. The van der Waals surface area contributed by atoms with Crippen molar-refractivity contribution in [1.82, 2.24) is 4.90 Å². The summed E-state index contributed by atoms with van der Waals surface area (Å²) in [5.74, 6) is -1.25. The molecule has 33 heavy (non-hydrogen) atoms. The topological polar surface area (TPSA) is 75.7 Å². The van der Waals surface area contributed by atoms with E-state index in [1.54, 1.807) is 27.7 Å². The van der Waals surface area contributed by atoms with E-state index < -0.39 is 23.5 Å². The molecule has 0 fully saturated rings. The molecule has 1 N–H and O–H groups in total. The Bertz CT molecular complexity index is 948. The van der Waals surface area contributed by atoms with Gasteiger partial charge in [0.15, 0.2) is 0 Å². The summed E-state index contributed by atoms with van der Waals surface area (Å²) in [4.78, 5) is 40.1. The number of urea groups is 1. The Morgan fingerprint density at radius 3 is 2.15 bits per heavy atom. The third-order valence-electron chi connectivity index (χ3n) is 5.02. The van der Waals surface area contributed by atoms with E-state index in [1.807, 2.05) is 68.4 Å². The summed E-state index contributed by atoms with van der Waals surface area (Å²) in [6.07, 6.45) is 0.432. The monoisotopic (exact) mass is 452 g/mol. The predicted octanol–water partition coefficient (Wildman–Crippen LogP) is 6.13. The third-order valence-corrected chi connectivity index (χ3v) is 5.02. The highest BCUT2D eigenvalue weighted by Gasteiger charge is 2.32. The lowest BCUT2D eigenvalue weighted by Crippen LogP contribution is -2.44. The van der Waals surface area contributed by atoms with Gasteiger partial charge in [0.2, 0.25) is 5.91 Å². The van der Waals surface area contributed by atoms with Crippen LogP contribution in [0.5, 0.6) is 0 Å². The van der Waals surface area contributed by atoms with E-state index >= 15 is 0 Å². The van der Waals surface area contributed by atoms with E-state index in [0.717, 1.165) is 11.1 Å². The summed E-state index contributed by atoms with van der Waals surface area (Å²) >= 11 is 0. The van der Waals surface area contributed by atoms with Crippen LogP contribution in [-0.2, 0) is 14.3 Å². The number of benzene rings is 2. The van der Waals surface area contributed by atoms with Crippen molar-refractivity contribution in [1.29, 1.82) is 0 Å². The van der Waals surface area contributed by atoms with Gasteiger partial charge in [0.1, 0.15) is 5.60 Å². The zero-order valence-corrected chi connectivity index (χ0v) is 20.6. The van der Waals surface area contributed by atoms with E-state index in [1.165, 1.54) is 4.90 Å². The predicted molar refractivity (Wildman–Crippen MR) is 132 cm³/mol. The number of amides is 3. The van der Waals surface area contributed by atoms with Gasteiger partial charge in [-0.3, -0.25) is 14.5 Å². The number of ether oxygens (including phenoxy) is 1. The van der Waals surface area contributed by atoms with E-state index in [9.17, 15) is 14.4 Å². The van der Waals surface area contributed by atoms with E-state index in [-0.39, 0.29) is 24.8 Å². The highest BCUT2D eigenvalue weighted by molar-refractivity contribution is 6.04. The first-order valence-corrected chi connectivity index (χ1v) is 11.5. The van der Waals surface area contributed by atoms with Crippen molar-refractivity contribution in [3.63, 3.8) is 0 Å². The van der Waals surface area contributed by atoms with Gasteiger partial charge in [0.05, 0.1) is 12.1 Å². The van der Waals surface area contributed by atoms with Gasteiger partial charge < -0.3 is 10.1 Å². The van der Waals surface area contributed by atoms with Crippen molar-refractivity contribution in [2.24, 2.45) is 11.8 Å². The molecule has 0 aromatic heterocycles. The van der Waals surface area contributed by atoms with Crippen LogP contribution in [0.4, 0.5) is 10.5 Å². The van der Waals surface area contributed by atoms with Crippen LogP contribution >= 0.6 is 0 Å². The van der Waals surface area contributed by atoms with Crippen molar-refractivity contribution in [2.45, 2.75) is 60.0 Å². The molecule has 0 saturated heterocycles. The fourth-order valence-electron chi connectivity index (χ4n) is 3.69. The van der Waals surface area contributed by atoms with Gasteiger partial charge in [-0.2, -0.15) is 0 Å². The van der Waals surface area contributed by atoms with Crippen LogP contribution < -0.4 is 5.32 Å². The maximum Gasteiger partial charge on any atom is 0.328 e. The van der Waals surface area contributed by atoms with Crippen LogP contribution in [0.25, 0.3) is 11.1 Å². The second kappa shape index (κ2) is 11.6. The van der Waals surface area contributed by atoms with E-state index in [2.05, 4.69) is 5.32 Å². The molecule has 2 aromatic rings. The minimum Gasteiger partial charge on any atom is -0.460 e. The molecular formula is C27H36N2O4. The molecule has 0 spiro atoms. The molecule has 1 unspecified atom stereocenters. The number of carbonyl (C=O) groups is 3. The maximum atomic E-state index is 13.4. The maximum absolute atomic E-state index is 13.4. The second-order valence-corrected chi connectivity index (χ2v) is 9.54. The van der Waals surface area contributed by atoms with Gasteiger partial charge in [0.25, 0.3) is 0 Å². The molecule has 0 aliphatic carbocycles. The Hall–Kier alpha value is -3.15. The number of para-hydroxylation sites is 1.